The fraction of sp³-hybridized carbons (Fsp3) is 0.467. The molecule has 4 rings (SSSR count). The number of nitrogens with zero attached hydrogens (tertiary/aromatic N) is 1. The summed E-state index contributed by atoms with van der Waals surface area (Å²) in [5, 5.41) is 10.6. The number of esters is 1. The number of carbonyl (C=O) groups excluding carboxylic acids is 3. The van der Waals surface area contributed by atoms with Crippen molar-refractivity contribution in [1.29, 1.82) is 5.41 Å². The molecule has 2 atom stereocenters. The average molecular weight is 555 g/mol. The molecule has 1 aliphatic carbocycles. The average Bonchev–Trinajstić information content (AvgIpc) is 3.17. The summed E-state index contributed by atoms with van der Waals surface area (Å²) in [5.41, 5.74) is 8.64. The third-order valence-electron chi connectivity index (χ3n) is 7.96. The van der Waals surface area contributed by atoms with Crippen LogP contribution in [0.4, 0.5) is 0 Å². The van der Waals surface area contributed by atoms with Crippen molar-refractivity contribution in [2.24, 2.45) is 17.6 Å². The molecule has 39 heavy (non-hydrogen) atoms. The molecule has 0 spiro atoms. The molecule has 1 heterocycles. The van der Waals surface area contributed by atoms with Gasteiger partial charge < -0.3 is 20.7 Å². The molecule has 0 bridgehead atoms. The smallest absolute Gasteiger partial charge is 0.306 e. The van der Waals surface area contributed by atoms with Crippen LogP contribution < -0.4 is 11.1 Å². The van der Waals surface area contributed by atoms with Gasteiger partial charge >= 0.3 is 5.97 Å². The Kier molecular flexibility index (Phi) is 10.9. The summed E-state index contributed by atoms with van der Waals surface area (Å²) in [4.78, 5) is 39.6. The zero-order valence-corrected chi connectivity index (χ0v) is 23.3. The van der Waals surface area contributed by atoms with Crippen LogP contribution in [0, 0.1) is 17.2 Å². The van der Waals surface area contributed by atoms with Gasteiger partial charge in [0.25, 0.3) is 0 Å². The van der Waals surface area contributed by atoms with Crippen molar-refractivity contribution in [3.05, 3.63) is 71.3 Å². The molecule has 1 aliphatic heterocycles. The van der Waals surface area contributed by atoms with Crippen LogP contribution in [0.3, 0.4) is 0 Å². The highest BCUT2D eigenvalue weighted by molar-refractivity contribution is 5.94. The molecule has 8 nitrogen and oxygen atoms in total. The number of aryl methyl sites for hydroxylation is 1. The maximum absolute atomic E-state index is 13.1. The van der Waals surface area contributed by atoms with Gasteiger partial charge in [0, 0.05) is 30.6 Å². The van der Waals surface area contributed by atoms with Crippen molar-refractivity contribution < 1.29 is 19.1 Å². The molecule has 4 N–H and O–H groups in total. The highest BCUT2D eigenvalue weighted by Gasteiger charge is 2.40. The number of methoxy groups -OCH3 is 1. The topological polar surface area (TPSA) is 126 Å². The van der Waals surface area contributed by atoms with Crippen LogP contribution in [0.15, 0.2) is 54.6 Å². The quantitative estimate of drug-likeness (QED) is 0.209. The highest BCUT2D eigenvalue weighted by atomic mass is 35.5. The van der Waals surface area contributed by atoms with Gasteiger partial charge in [-0.1, -0.05) is 54.6 Å². The molecule has 2 aromatic carbocycles. The van der Waals surface area contributed by atoms with E-state index in [0.29, 0.717) is 37.4 Å². The van der Waals surface area contributed by atoms with Crippen LogP contribution in [0.1, 0.15) is 61.1 Å². The van der Waals surface area contributed by atoms with Crippen LogP contribution in [-0.4, -0.2) is 54.8 Å². The first-order chi connectivity index (χ1) is 18.4. The van der Waals surface area contributed by atoms with Crippen molar-refractivity contribution >= 4 is 36.0 Å². The van der Waals surface area contributed by atoms with Crippen molar-refractivity contribution in [3.63, 3.8) is 0 Å². The first kappa shape index (κ1) is 30.2. The van der Waals surface area contributed by atoms with E-state index < -0.39 is 0 Å². The second kappa shape index (κ2) is 14.1. The van der Waals surface area contributed by atoms with Gasteiger partial charge in [-0.2, -0.15) is 0 Å². The Morgan fingerprint density at radius 1 is 1.08 bits per heavy atom. The minimum atomic E-state index is -0.364. The molecule has 9 heteroatoms. The molecule has 210 valence electrons. The third-order valence-corrected chi connectivity index (χ3v) is 7.96. The Labute approximate surface area is 236 Å². The Morgan fingerprint density at radius 2 is 1.77 bits per heavy atom. The molecule has 1 saturated carbocycles. The van der Waals surface area contributed by atoms with Crippen LogP contribution in [0.25, 0.3) is 0 Å². The fourth-order valence-electron chi connectivity index (χ4n) is 5.64. The minimum absolute atomic E-state index is 0. The lowest BCUT2D eigenvalue weighted by atomic mass is 9.71. The van der Waals surface area contributed by atoms with Crippen LogP contribution in [0.2, 0.25) is 0 Å². The van der Waals surface area contributed by atoms with Crippen molar-refractivity contribution in [2.45, 2.75) is 56.9 Å². The number of likely N-dealkylation sites (tertiary alicyclic amines) is 1. The monoisotopic (exact) mass is 554 g/mol. The maximum atomic E-state index is 13.1. The fourth-order valence-corrected chi connectivity index (χ4v) is 5.64. The lowest BCUT2D eigenvalue weighted by Crippen LogP contribution is -2.41. The van der Waals surface area contributed by atoms with E-state index in [1.54, 1.807) is 0 Å². The lowest BCUT2D eigenvalue weighted by Gasteiger charge is -2.35. The van der Waals surface area contributed by atoms with Gasteiger partial charge in [0.05, 0.1) is 19.4 Å². The Bertz CT molecular complexity index is 1140. The number of nitrogens with two attached hydrogens (primary N) is 1. The predicted octanol–water partition coefficient (Wildman–Crippen LogP) is 3.81. The molecule has 2 aliphatic rings. The summed E-state index contributed by atoms with van der Waals surface area (Å²) in [6.45, 7) is 1.14. The maximum Gasteiger partial charge on any atom is 0.306 e. The molecule has 0 aromatic heterocycles. The van der Waals surface area contributed by atoms with Crippen molar-refractivity contribution in [3.8, 4) is 0 Å². The first-order valence-corrected chi connectivity index (χ1v) is 13.5. The summed E-state index contributed by atoms with van der Waals surface area (Å²) in [6.07, 6.45) is 4.72. The van der Waals surface area contributed by atoms with E-state index in [0.717, 1.165) is 25.7 Å². The molecular weight excluding hydrogens is 516 g/mol. The summed E-state index contributed by atoms with van der Waals surface area (Å²) in [6, 6.07) is 17.9. The summed E-state index contributed by atoms with van der Waals surface area (Å²) in [7, 11) is 1.35. The van der Waals surface area contributed by atoms with E-state index in [-0.39, 0.29) is 60.3 Å². The SMILES string of the molecule is COC(=O)C[C@@H]1C[C@@H](CCNC(=O)[C@H]2C[C@H](c3ccc(C(=N)N)cc3)C2)N(CCCc2ccccc2)C1=O.Cl. The number of carbonyl (C=O) groups is 3. The Balaban J connectivity index is 0.00000420. The van der Waals surface area contributed by atoms with Crippen molar-refractivity contribution in [2.75, 3.05) is 20.2 Å². The summed E-state index contributed by atoms with van der Waals surface area (Å²) in [5.74, 6) is -0.258. The molecule has 1 saturated heterocycles. The number of hydrogen-bond acceptors (Lipinski definition) is 5. The number of amides is 2. The molecule has 0 radical (unpaired) electrons. The number of nitrogens with one attached hydrogen (secondary N) is 2. The van der Waals surface area contributed by atoms with Gasteiger partial charge in [-0.25, -0.2) is 0 Å². The molecule has 2 fully saturated rings. The third kappa shape index (κ3) is 7.82. The van der Waals surface area contributed by atoms with Crippen LogP contribution in [-0.2, 0) is 25.5 Å². The van der Waals surface area contributed by atoms with E-state index in [1.807, 2.05) is 47.4 Å². The molecular formula is C30H39ClN4O4. The van der Waals surface area contributed by atoms with Crippen LogP contribution in [0.5, 0.6) is 0 Å². The molecule has 0 unspecified atom stereocenters. The van der Waals surface area contributed by atoms with E-state index in [9.17, 15) is 14.4 Å². The van der Waals surface area contributed by atoms with E-state index in [4.69, 9.17) is 15.9 Å². The summed E-state index contributed by atoms with van der Waals surface area (Å²) < 4.78 is 4.80. The largest absolute Gasteiger partial charge is 0.469 e. The number of hydrogen-bond donors (Lipinski definition) is 3. The zero-order chi connectivity index (χ0) is 27.1. The number of benzene rings is 2. The summed E-state index contributed by atoms with van der Waals surface area (Å²) >= 11 is 0. The molecule has 2 aromatic rings. The first-order valence-electron chi connectivity index (χ1n) is 13.5. The van der Waals surface area contributed by atoms with Gasteiger partial charge in [0.1, 0.15) is 5.84 Å². The van der Waals surface area contributed by atoms with Crippen molar-refractivity contribution in [1.82, 2.24) is 10.2 Å². The Morgan fingerprint density at radius 3 is 2.41 bits per heavy atom. The Hall–Kier alpha value is -3.39. The standard InChI is InChI=1S/C30H38N4O4.ClH/c1-38-27(35)19-25-18-26(34(30(25)37)15-5-8-20-6-3-2-4-7-20)13-14-33-29(36)24-16-23(17-24)21-9-11-22(12-10-21)28(31)32;/h2-4,6-7,9-12,23-26H,5,8,13-19H2,1H3,(H3,31,32)(H,33,36);1H/t23-,24-,25-,26+;/m0./s1. The van der Waals surface area contributed by atoms with Gasteiger partial charge in [0.15, 0.2) is 0 Å². The number of halogens is 1. The van der Waals surface area contributed by atoms with E-state index in [1.165, 1.54) is 18.2 Å². The van der Waals surface area contributed by atoms with E-state index in [2.05, 4.69) is 17.4 Å². The zero-order valence-electron chi connectivity index (χ0n) is 22.4. The van der Waals surface area contributed by atoms with Crippen LogP contribution >= 0.6 is 12.4 Å². The number of ether oxygens (including phenoxy) is 1. The van der Waals surface area contributed by atoms with Gasteiger partial charge in [-0.15, -0.1) is 12.4 Å². The second-order valence-corrected chi connectivity index (χ2v) is 10.5. The lowest BCUT2D eigenvalue weighted by molar-refractivity contribution is -0.144. The molecule has 2 amide bonds. The van der Waals surface area contributed by atoms with Gasteiger partial charge in [0.2, 0.25) is 11.8 Å². The van der Waals surface area contributed by atoms with Gasteiger partial charge in [-0.3, -0.25) is 19.8 Å². The number of nitrogen functional groups attached to an aromatic ring is 1. The number of rotatable bonds is 12. The van der Waals surface area contributed by atoms with Gasteiger partial charge in [-0.05, 0) is 55.6 Å². The minimum Gasteiger partial charge on any atom is -0.469 e. The predicted molar refractivity (Wildman–Crippen MR) is 153 cm³/mol. The number of amidine groups is 1. The second-order valence-electron chi connectivity index (χ2n) is 10.5. The normalized spacial score (nSPS) is 22.0. The van der Waals surface area contributed by atoms with E-state index >= 15 is 0 Å². The highest BCUT2D eigenvalue weighted by Crippen LogP contribution is 2.41.